The average molecular weight is 311 g/mol. The Labute approximate surface area is 125 Å². The molecule has 8 heteroatoms. The Kier molecular flexibility index (Phi) is 8.75. The second-order valence-corrected chi connectivity index (χ2v) is 4.02. The van der Waals surface area contributed by atoms with Crippen molar-refractivity contribution in [2.45, 2.75) is 19.6 Å². The Hall–Kier alpha value is -0.820. The molecular weight excluding hydrogens is 291 g/mol. The van der Waals surface area contributed by atoms with Crippen molar-refractivity contribution in [1.82, 2.24) is 20.2 Å². The topological polar surface area (TPSA) is 68.2 Å². The summed E-state index contributed by atoms with van der Waals surface area (Å²) < 4.78 is 7.36. The zero-order valence-corrected chi connectivity index (χ0v) is 12.4. The number of ether oxygens (including phenoxy) is 1. The number of rotatable bonds is 4. The molecule has 19 heavy (non-hydrogen) atoms. The summed E-state index contributed by atoms with van der Waals surface area (Å²) in [7, 11) is 0. The first-order valence-electron chi connectivity index (χ1n) is 5.85. The third-order valence-electron chi connectivity index (χ3n) is 2.80. The average Bonchev–Trinajstić information content (AvgIpc) is 2.76. The van der Waals surface area contributed by atoms with Gasteiger partial charge in [-0.15, -0.1) is 24.8 Å². The smallest absolute Gasteiger partial charge is 0.250 e. The number of nitrogens with zero attached hydrogens (tertiary/aromatic N) is 2. The Morgan fingerprint density at radius 1 is 1.63 bits per heavy atom. The Morgan fingerprint density at radius 2 is 2.42 bits per heavy atom. The highest BCUT2D eigenvalue weighted by Gasteiger charge is 2.20. The largest absolute Gasteiger partial charge is 0.366 e. The lowest BCUT2D eigenvalue weighted by atomic mass is 10.3. The van der Waals surface area contributed by atoms with Crippen molar-refractivity contribution in [2.24, 2.45) is 0 Å². The van der Waals surface area contributed by atoms with Gasteiger partial charge in [-0.2, -0.15) is 0 Å². The second-order valence-electron chi connectivity index (χ2n) is 4.02. The van der Waals surface area contributed by atoms with Crippen molar-refractivity contribution in [3.05, 3.63) is 18.2 Å². The van der Waals surface area contributed by atoms with Gasteiger partial charge in [-0.05, 0) is 6.92 Å². The minimum Gasteiger partial charge on any atom is -0.366 e. The van der Waals surface area contributed by atoms with E-state index in [-0.39, 0.29) is 36.8 Å². The summed E-state index contributed by atoms with van der Waals surface area (Å²) >= 11 is 0. The number of aryl methyl sites for hydroxylation is 1. The summed E-state index contributed by atoms with van der Waals surface area (Å²) in [5.74, 6) is 0.907. The molecule has 1 fully saturated rings. The molecule has 0 saturated carbocycles. The summed E-state index contributed by atoms with van der Waals surface area (Å²) in [6, 6.07) is 0. The van der Waals surface area contributed by atoms with E-state index in [1.807, 2.05) is 17.7 Å². The van der Waals surface area contributed by atoms with Crippen LogP contribution in [0.5, 0.6) is 0 Å². The minimum absolute atomic E-state index is 0. The van der Waals surface area contributed by atoms with Crippen LogP contribution in [0.1, 0.15) is 5.82 Å². The standard InChI is InChI=1S/C11H18N4O2.2ClH/c1-9-13-2-5-15(9)6-3-14-11(16)10-8-12-4-7-17-10;;/h2,5,10,12H,3-4,6-8H2,1H3,(H,14,16);2*1H. The number of halogens is 2. The first kappa shape index (κ1) is 18.2. The molecule has 0 aliphatic carbocycles. The summed E-state index contributed by atoms with van der Waals surface area (Å²) in [5, 5.41) is 5.99. The lowest BCUT2D eigenvalue weighted by Crippen LogP contribution is -2.48. The van der Waals surface area contributed by atoms with Gasteiger partial charge in [-0.3, -0.25) is 4.79 Å². The van der Waals surface area contributed by atoms with Gasteiger partial charge in [0.25, 0.3) is 5.91 Å². The first-order chi connectivity index (χ1) is 8.27. The summed E-state index contributed by atoms with van der Waals surface area (Å²) in [4.78, 5) is 15.8. The zero-order chi connectivity index (χ0) is 12.1. The molecule has 1 atom stereocenters. The molecule has 0 spiro atoms. The van der Waals surface area contributed by atoms with Gasteiger partial charge in [-0.25, -0.2) is 4.98 Å². The van der Waals surface area contributed by atoms with Crippen LogP contribution < -0.4 is 10.6 Å². The molecular formula is C11H20Cl2N4O2. The first-order valence-corrected chi connectivity index (χ1v) is 5.85. The Morgan fingerprint density at radius 3 is 3.00 bits per heavy atom. The fraction of sp³-hybridized carbons (Fsp3) is 0.636. The number of hydrogen-bond donors (Lipinski definition) is 2. The van der Waals surface area contributed by atoms with Crippen LogP contribution in [0.2, 0.25) is 0 Å². The number of carbonyl (C=O) groups is 1. The van der Waals surface area contributed by atoms with Crippen LogP contribution in [0.3, 0.4) is 0 Å². The van der Waals surface area contributed by atoms with Gasteiger partial charge in [0.05, 0.1) is 6.61 Å². The van der Waals surface area contributed by atoms with Crippen molar-refractivity contribution in [3.63, 3.8) is 0 Å². The van der Waals surface area contributed by atoms with Gasteiger partial charge >= 0.3 is 0 Å². The Balaban J connectivity index is 0.00000162. The Bertz CT molecular complexity index is 381. The molecule has 1 aliphatic heterocycles. The lowest BCUT2D eigenvalue weighted by molar-refractivity contribution is -0.134. The van der Waals surface area contributed by atoms with Crippen LogP contribution in [0, 0.1) is 6.92 Å². The van der Waals surface area contributed by atoms with Gasteiger partial charge in [0.1, 0.15) is 11.9 Å². The fourth-order valence-electron chi connectivity index (χ4n) is 1.79. The molecule has 1 unspecified atom stereocenters. The van der Waals surface area contributed by atoms with E-state index in [9.17, 15) is 4.79 Å². The number of amides is 1. The van der Waals surface area contributed by atoms with Crippen molar-refractivity contribution in [1.29, 1.82) is 0 Å². The van der Waals surface area contributed by atoms with Gasteiger partial charge in [-0.1, -0.05) is 0 Å². The molecule has 0 aromatic carbocycles. The van der Waals surface area contributed by atoms with Gasteiger partial charge in [0.15, 0.2) is 0 Å². The molecule has 2 N–H and O–H groups in total. The van der Waals surface area contributed by atoms with Crippen molar-refractivity contribution in [3.8, 4) is 0 Å². The van der Waals surface area contributed by atoms with Crippen molar-refractivity contribution < 1.29 is 9.53 Å². The normalized spacial score (nSPS) is 18.1. The molecule has 0 bridgehead atoms. The van der Waals surface area contributed by atoms with Gasteiger partial charge in [0.2, 0.25) is 0 Å². The maximum Gasteiger partial charge on any atom is 0.250 e. The number of imidazole rings is 1. The highest BCUT2D eigenvalue weighted by Crippen LogP contribution is 1.97. The van der Waals surface area contributed by atoms with Crippen LogP contribution in [-0.2, 0) is 16.1 Å². The molecule has 1 aromatic heterocycles. The van der Waals surface area contributed by atoms with Crippen molar-refractivity contribution >= 4 is 30.7 Å². The van der Waals surface area contributed by atoms with E-state index in [1.54, 1.807) is 6.20 Å². The summed E-state index contributed by atoms with van der Waals surface area (Å²) in [6.07, 6.45) is 3.30. The maximum absolute atomic E-state index is 11.7. The highest BCUT2D eigenvalue weighted by atomic mass is 35.5. The second kappa shape index (κ2) is 9.14. The number of hydrogen-bond acceptors (Lipinski definition) is 4. The van der Waals surface area contributed by atoms with Gasteiger partial charge < -0.3 is 19.9 Å². The third kappa shape index (κ3) is 5.36. The molecule has 1 amide bonds. The molecule has 2 rings (SSSR count). The van der Waals surface area contributed by atoms with Crippen LogP contribution in [0.4, 0.5) is 0 Å². The number of nitrogens with one attached hydrogen (secondary N) is 2. The van der Waals surface area contributed by atoms with E-state index in [0.29, 0.717) is 19.7 Å². The highest BCUT2D eigenvalue weighted by molar-refractivity contribution is 5.85. The fourth-order valence-corrected chi connectivity index (χ4v) is 1.79. The molecule has 6 nitrogen and oxygen atoms in total. The summed E-state index contributed by atoms with van der Waals surface area (Å²) in [6.45, 7) is 5.27. The third-order valence-corrected chi connectivity index (χ3v) is 2.80. The number of carbonyl (C=O) groups excluding carboxylic acids is 1. The molecule has 1 saturated heterocycles. The molecule has 2 heterocycles. The minimum atomic E-state index is -0.354. The van der Waals surface area contributed by atoms with E-state index in [0.717, 1.165) is 18.9 Å². The molecule has 0 radical (unpaired) electrons. The quantitative estimate of drug-likeness (QED) is 0.830. The van der Waals surface area contributed by atoms with Gasteiger partial charge in [0, 0.05) is 38.6 Å². The summed E-state index contributed by atoms with van der Waals surface area (Å²) in [5.41, 5.74) is 0. The van der Waals surface area contributed by atoms with Crippen LogP contribution in [-0.4, -0.2) is 47.8 Å². The van der Waals surface area contributed by atoms with E-state index < -0.39 is 0 Å². The predicted molar refractivity (Wildman–Crippen MR) is 77.1 cm³/mol. The zero-order valence-electron chi connectivity index (χ0n) is 10.8. The van der Waals surface area contributed by atoms with Crippen LogP contribution in [0.25, 0.3) is 0 Å². The van der Waals surface area contributed by atoms with E-state index in [2.05, 4.69) is 15.6 Å². The number of morpholine rings is 1. The SMILES string of the molecule is Cc1nccn1CCNC(=O)C1CNCCO1.Cl.Cl. The lowest BCUT2D eigenvalue weighted by Gasteiger charge is -2.22. The molecule has 1 aliphatic rings. The number of aromatic nitrogens is 2. The van der Waals surface area contributed by atoms with Crippen molar-refractivity contribution in [2.75, 3.05) is 26.2 Å². The van der Waals surface area contributed by atoms with E-state index >= 15 is 0 Å². The van der Waals surface area contributed by atoms with E-state index in [4.69, 9.17) is 4.74 Å². The van der Waals surface area contributed by atoms with Crippen LogP contribution >= 0.6 is 24.8 Å². The molecule has 1 aromatic rings. The van der Waals surface area contributed by atoms with Crippen LogP contribution in [0.15, 0.2) is 12.4 Å². The van der Waals surface area contributed by atoms with E-state index in [1.165, 1.54) is 0 Å². The monoisotopic (exact) mass is 310 g/mol. The maximum atomic E-state index is 11.7. The molecule has 110 valence electrons. The predicted octanol–water partition coefficient (Wildman–Crippen LogP) is 0.140.